The van der Waals surface area contributed by atoms with Crippen molar-refractivity contribution in [3.63, 3.8) is 0 Å². The quantitative estimate of drug-likeness (QED) is 0.765. The monoisotopic (exact) mass is 314 g/mol. The molecule has 2 fully saturated rings. The maximum Gasteiger partial charge on any atom is 0.241 e. The van der Waals surface area contributed by atoms with Gasteiger partial charge in [-0.25, -0.2) is 0 Å². The van der Waals surface area contributed by atoms with Crippen LogP contribution in [-0.4, -0.2) is 38.9 Å². The van der Waals surface area contributed by atoms with Gasteiger partial charge in [0.15, 0.2) is 0 Å². The molecule has 20 heavy (non-hydrogen) atoms. The molecule has 1 aliphatic carbocycles. The van der Waals surface area contributed by atoms with Gasteiger partial charge in [-0.15, -0.1) is 0 Å². The molecule has 1 saturated carbocycles. The van der Waals surface area contributed by atoms with Crippen molar-refractivity contribution < 1.29 is 9.59 Å². The summed E-state index contributed by atoms with van der Waals surface area (Å²) < 4.78 is 0.665. The van der Waals surface area contributed by atoms with Gasteiger partial charge >= 0.3 is 0 Å². The van der Waals surface area contributed by atoms with Gasteiger partial charge in [-0.1, -0.05) is 43.7 Å². The fraction of sp³-hybridized carbons (Fsp3) is 0.786. The molecule has 0 aromatic carbocycles. The Balaban J connectivity index is 1.68. The normalized spacial score (nSPS) is 23.6. The molecule has 0 aromatic rings. The second kappa shape index (κ2) is 7.41. The zero-order valence-electron chi connectivity index (χ0n) is 11.9. The van der Waals surface area contributed by atoms with Gasteiger partial charge in [-0.2, -0.15) is 0 Å². The van der Waals surface area contributed by atoms with Crippen LogP contribution in [0.5, 0.6) is 0 Å². The molecule has 4 nitrogen and oxygen atoms in total. The van der Waals surface area contributed by atoms with E-state index in [1.54, 1.807) is 4.90 Å². The highest BCUT2D eigenvalue weighted by molar-refractivity contribution is 8.24. The highest BCUT2D eigenvalue weighted by Gasteiger charge is 2.35. The van der Waals surface area contributed by atoms with Gasteiger partial charge in [-0.3, -0.25) is 14.5 Å². The van der Waals surface area contributed by atoms with Crippen molar-refractivity contribution in [2.24, 2.45) is 0 Å². The van der Waals surface area contributed by atoms with Gasteiger partial charge in [0.25, 0.3) is 0 Å². The predicted molar refractivity (Wildman–Crippen MR) is 85.6 cm³/mol. The second-order valence-electron chi connectivity index (χ2n) is 5.42. The highest BCUT2D eigenvalue weighted by atomic mass is 32.2. The summed E-state index contributed by atoms with van der Waals surface area (Å²) in [4.78, 5) is 25.5. The zero-order chi connectivity index (χ0) is 14.5. The van der Waals surface area contributed by atoms with Gasteiger partial charge in [0.05, 0.1) is 5.25 Å². The van der Waals surface area contributed by atoms with Crippen LogP contribution in [0.4, 0.5) is 0 Å². The number of carbonyl (C=O) groups excluding carboxylic acids is 2. The summed E-state index contributed by atoms with van der Waals surface area (Å²) in [5.41, 5.74) is 0. The molecule has 6 heteroatoms. The van der Waals surface area contributed by atoms with E-state index in [0.717, 1.165) is 19.3 Å². The van der Waals surface area contributed by atoms with Crippen LogP contribution in [0, 0.1) is 0 Å². The van der Waals surface area contributed by atoms with Gasteiger partial charge in [-0.05, 0) is 25.7 Å². The van der Waals surface area contributed by atoms with Crippen LogP contribution >= 0.6 is 24.0 Å². The van der Waals surface area contributed by atoms with Crippen LogP contribution in [0.3, 0.4) is 0 Å². The van der Waals surface area contributed by atoms with E-state index in [0.29, 0.717) is 29.7 Å². The van der Waals surface area contributed by atoms with Crippen molar-refractivity contribution in [3.05, 3.63) is 0 Å². The van der Waals surface area contributed by atoms with Crippen molar-refractivity contribution in [1.29, 1.82) is 0 Å². The molecule has 2 aliphatic rings. The van der Waals surface area contributed by atoms with E-state index in [4.69, 9.17) is 12.2 Å². The summed E-state index contributed by atoms with van der Waals surface area (Å²) in [7, 11) is 0. The largest absolute Gasteiger partial charge is 0.353 e. The van der Waals surface area contributed by atoms with Crippen molar-refractivity contribution in [3.8, 4) is 0 Å². The Labute approximate surface area is 130 Å². The van der Waals surface area contributed by atoms with Crippen molar-refractivity contribution in [2.75, 3.05) is 6.54 Å². The van der Waals surface area contributed by atoms with E-state index >= 15 is 0 Å². The standard InChI is InChI=1S/C14H22N2O2S2/c1-2-11-13(18)16(14(19)20-11)9-5-8-12(17)15-10-6-3-4-7-10/h10-11H,2-9H2,1H3,(H,15,17). The van der Waals surface area contributed by atoms with E-state index in [1.807, 2.05) is 6.92 Å². The van der Waals surface area contributed by atoms with Gasteiger partial charge < -0.3 is 5.32 Å². The number of amides is 2. The summed E-state index contributed by atoms with van der Waals surface area (Å²) in [6.45, 7) is 2.57. The number of nitrogens with zero attached hydrogens (tertiary/aromatic N) is 1. The Bertz CT molecular complexity index is 395. The summed E-state index contributed by atoms with van der Waals surface area (Å²) in [5.74, 6) is 0.216. The first-order valence-electron chi connectivity index (χ1n) is 7.43. The van der Waals surface area contributed by atoms with Crippen LogP contribution in [-0.2, 0) is 9.59 Å². The predicted octanol–water partition coefficient (Wildman–Crippen LogP) is 2.46. The minimum Gasteiger partial charge on any atom is -0.353 e. The molecule has 1 heterocycles. The zero-order valence-corrected chi connectivity index (χ0v) is 13.5. The number of hydrogen-bond donors (Lipinski definition) is 1. The minimum atomic E-state index is -0.0187. The third-order valence-corrected chi connectivity index (χ3v) is 5.63. The molecule has 0 radical (unpaired) electrons. The first-order valence-corrected chi connectivity index (χ1v) is 8.72. The van der Waals surface area contributed by atoms with E-state index in [-0.39, 0.29) is 17.1 Å². The van der Waals surface area contributed by atoms with Crippen molar-refractivity contribution >= 4 is 40.1 Å². The molecule has 2 rings (SSSR count). The summed E-state index contributed by atoms with van der Waals surface area (Å²) in [6.07, 6.45) is 6.62. The third-order valence-electron chi connectivity index (χ3n) is 3.88. The molecule has 1 aliphatic heterocycles. The maximum absolute atomic E-state index is 12.0. The average molecular weight is 314 g/mol. The molecule has 1 N–H and O–H groups in total. The fourth-order valence-corrected chi connectivity index (χ4v) is 4.20. The van der Waals surface area contributed by atoms with Crippen LogP contribution in [0.15, 0.2) is 0 Å². The summed E-state index contributed by atoms with van der Waals surface area (Å²) in [5, 5.41) is 3.05. The Kier molecular flexibility index (Phi) is 5.84. The van der Waals surface area contributed by atoms with E-state index < -0.39 is 0 Å². The van der Waals surface area contributed by atoms with Crippen molar-refractivity contribution in [2.45, 2.75) is 63.2 Å². The van der Waals surface area contributed by atoms with Crippen molar-refractivity contribution in [1.82, 2.24) is 10.2 Å². The second-order valence-corrected chi connectivity index (χ2v) is 7.26. The lowest BCUT2D eigenvalue weighted by molar-refractivity contribution is -0.127. The molecule has 0 bridgehead atoms. The Hall–Kier alpha value is -0.620. The Morgan fingerprint density at radius 1 is 1.45 bits per heavy atom. The molecule has 0 spiro atoms. The molecular formula is C14H22N2O2S2. The number of nitrogens with one attached hydrogen (secondary N) is 1. The molecule has 0 aromatic heterocycles. The number of carbonyl (C=O) groups is 2. The summed E-state index contributed by atoms with van der Waals surface area (Å²) >= 11 is 6.70. The third kappa shape index (κ3) is 3.95. The number of hydrogen-bond acceptors (Lipinski definition) is 4. The topological polar surface area (TPSA) is 49.4 Å². The van der Waals surface area contributed by atoms with Gasteiger partial charge in [0.2, 0.25) is 11.8 Å². The lowest BCUT2D eigenvalue weighted by atomic mass is 10.2. The van der Waals surface area contributed by atoms with Crippen LogP contribution in [0.2, 0.25) is 0 Å². The smallest absolute Gasteiger partial charge is 0.241 e. The fourth-order valence-electron chi connectivity index (χ4n) is 2.73. The maximum atomic E-state index is 12.0. The molecule has 1 saturated heterocycles. The van der Waals surface area contributed by atoms with E-state index in [2.05, 4.69) is 5.32 Å². The van der Waals surface area contributed by atoms with Crippen LogP contribution < -0.4 is 5.32 Å². The number of thioether (sulfide) groups is 1. The SMILES string of the molecule is CCC1SC(=S)N(CCCC(=O)NC2CCCC2)C1=O. The van der Waals surface area contributed by atoms with Crippen LogP contribution in [0.25, 0.3) is 0 Å². The Morgan fingerprint density at radius 2 is 2.15 bits per heavy atom. The minimum absolute atomic E-state index is 0.0187. The van der Waals surface area contributed by atoms with E-state index in [9.17, 15) is 9.59 Å². The average Bonchev–Trinajstić information content (AvgIpc) is 3.01. The highest BCUT2D eigenvalue weighted by Crippen LogP contribution is 2.29. The number of thiocarbonyl (C=S) groups is 1. The first-order chi connectivity index (χ1) is 9.61. The number of rotatable bonds is 6. The van der Waals surface area contributed by atoms with Gasteiger partial charge in [0.1, 0.15) is 4.32 Å². The van der Waals surface area contributed by atoms with Gasteiger partial charge in [0, 0.05) is 19.0 Å². The Morgan fingerprint density at radius 3 is 2.75 bits per heavy atom. The summed E-state index contributed by atoms with van der Waals surface area (Å²) in [6, 6.07) is 0.372. The first kappa shape index (κ1) is 15.8. The molecule has 1 atom stereocenters. The molecule has 2 amide bonds. The van der Waals surface area contributed by atoms with Crippen LogP contribution in [0.1, 0.15) is 51.9 Å². The molecule has 112 valence electrons. The lowest BCUT2D eigenvalue weighted by Gasteiger charge is -2.16. The molecular weight excluding hydrogens is 292 g/mol. The molecule has 1 unspecified atom stereocenters. The lowest BCUT2D eigenvalue weighted by Crippen LogP contribution is -2.35. The van der Waals surface area contributed by atoms with E-state index in [1.165, 1.54) is 24.6 Å².